The number of hydrogen-bond acceptors (Lipinski definition) is 5. The van der Waals surface area contributed by atoms with Crippen molar-refractivity contribution in [3.63, 3.8) is 0 Å². The summed E-state index contributed by atoms with van der Waals surface area (Å²) >= 11 is -1.33. The monoisotopic (exact) mass is 490 g/mol. The SMILES string of the molecule is [Cl][Fe]([Cl])[Cl].c1c2c3nc4c1CCC[C@@H]4NCCNCCNCCN[C@H]3CCC2. The first-order valence-corrected chi connectivity index (χ1v) is 14.8. The van der Waals surface area contributed by atoms with Crippen molar-refractivity contribution in [2.24, 2.45) is 0 Å². The molecule has 1 aromatic heterocycles. The van der Waals surface area contributed by atoms with Gasteiger partial charge in [0.2, 0.25) is 0 Å². The van der Waals surface area contributed by atoms with Crippen LogP contribution in [-0.4, -0.2) is 44.3 Å². The Labute approximate surface area is 185 Å². The van der Waals surface area contributed by atoms with Gasteiger partial charge in [-0.25, -0.2) is 0 Å². The van der Waals surface area contributed by atoms with Crippen LogP contribution in [0.15, 0.2) is 6.07 Å². The van der Waals surface area contributed by atoms with Crippen molar-refractivity contribution in [1.29, 1.82) is 0 Å². The van der Waals surface area contributed by atoms with Crippen LogP contribution < -0.4 is 21.3 Å². The molecule has 5 nitrogen and oxygen atoms in total. The number of aryl methyl sites for hydroxylation is 2. The zero-order valence-electron chi connectivity index (χ0n) is 16.2. The van der Waals surface area contributed by atoms with E-state index in [4.69, 9.17) is 35.3 Å². The van der Waals surface area contributed by atoms with E-state index in [-0.39, 0.29) is 0 Å². The molecule has 0 aromatic carbocycles. The average Bonchev–Trinajstić information content (AvgIpc) is 2.68. The molecule has 0 saturated carbocycles. The second-order valence-corrected chi connectivity index (χ2v) is 13.0. The number of halogens is 3. The van der Waals surface area contributed by atoms with E-state index in [1.165, 1.54) is 61.0 Å². The van der Waals surface area contributed by atoms with Crippen LogP contribution in [0, 0.1) is 0 Å². The molecular formula is C19H31Cl3FeN5. The Morgan fingerprint density at radius 1 is 0.750 bits per heavy atom. The normalized spacial score (nSPS) is 26.2. The van der Waals surface area contributed by atoms with Gasteiger partial charge in [0.15, 0.2) is 0 Å². The molecule has 0 unspecified atom stereocenters. The van der Waals surface area contributed by atoms with Gasteiger partial charge in [0, 0.05) is 51.4 Å². The van der Waals surface area contributed by atoms with Gasteiger partial charge in [0.25, 0.3) is 0 Å². The molecule has 0 spiro atoms. The molecule has 161 valence electrons. The minimum Gasteiger partial charge on any atom is -0.314 e. The van der Waals surface area contributed by atoms with Crippen LogP contribution >= 0.6 is 30.3 Å². The Kier molecular flexibility index (Phi) is 10.1. The number of hydrogen-bond donors (Lipinski definition) is 4. The summed E-state index contributed by atoms with van der Waals surface area (Å²) in [6, 6.07) is 3.35. The molecule has 4 N–H and O–H groups in total. The molecule has 0 radical (unpaired) electrons. The summed E-state index contributed by atoms with van der Waals surface area (Å²) < 4.78 is 0. The minimum atomic E-state index is -1.33. The Hall–Kier alpha value is 0.379. The third-order valence-corrected chi connectivity index (χ3v) is 5.65. The van der Waals surface area contributed by atoms with Crippen molar-refractivity contribution < 1.29 is 11.2 Å². The van der Waals surface area contributed by atoms with E-state index in [2.05, 4.69) is 27.3 Å². The molecule has 1 aromatic rings. The van der Waals surface area contributed by atoms with Crippen LogP contribution in [0.25, 0.3) is 0 Å². The van der Waals surface area contributed by atoms with Crippen LogP contribution in [-0.2, 0) is 24.0 Å². The smallest absolute Gasteiger partial charge is 0.0609 e. The first-order chi connectivity index (χ1) is 13.6. The van der Waals surface area contributed by atoms with Crippen LogP contribution in [0.1, 0.15) is 60.3 Å². The summed E-state index contributed by atoms with van der Waals surface area (Å²) in [4.78, 5) is 5.22. The van der Waals surface area contributed by atoms with Crippen LogP contribution in [0.2, 0.25) is 0 Å². The number of pyridine rings is 1. The maximum atomic E-state index is 5.22. The van der Waals surface area contributed by atoms with Crippen molar-refractivity contribution in [3.05, 3.63) is 28.6 Å². The summed E-state index contributed by atoms with van der Waals surface area (Å²) in [7, 11) is 14.7. The van der Waals surface area contributed by atoms with Crippen molar-refractivity contribution >= 4 is 30.3 Å². The molecule has 4 rings (SSSR count). The molecular weight excluding hydrogens is 460 g/mol. The van der Waals surface area contributed by atoms with E-state index in [1.807, 2.05) is 0 Å². The van der Waals surface area contributed by atoms with Gasteiger partial charge in [-0.05, 0) is 49.7 Å². The number of nitrogens with one attached hydrogen (secondary N) is 4. The van der Waals surface area contributed by atoms with E-state index in [1.54, 1.807) is 0 Å². The largest absolute Gasteiger partial charge is 0.314 e. The van der Waals surface area contributed by atoms with E-state index in [0.717, 1.165) is 39.3 Å². The van der Waals surface area contributed by atoms with Crippen molar-refractivity contribution in [1.82, 2.24) is 26.3 Å². The van der Waals surface area contributed by atoms with E-state index >= 15 is 0 Å². The van der Waals surface area contributed by atoms with Gasteiger partial charge in [-0.2, -0.15) is 0 Å². The molecule has 1 aliphatic heterocycles. The van der Waals surface area contributed by atoms with Gasteiger partial charge in [0.05, 0.1) is 11.4 Å². The Morgan fingerprint density at radius 2 is 1.18 bits per heavy atom. The van der Waals surface area contributed by atoms with Gasteiger partial charge < -0.3 is 21.3 Å². The maximum absolute atomic E-state index is 5.22. The molecule has 0 amide bonds. The molecule has 0 saturated heterocycles. The standard InChI is InChI=1S/C19H31N5.3ClH.Fe/c1-3-14-13-15-4-2-6-17-19(15)24-18(14)16(5-1)22-11-9-20-7-8-21-10-12-23-17;;;;/h13,16-17,20-23H,1-12H2;3*1H;/q;;;;+3/p-3/t16-,17-;;;;/m0..../s1. The van der Waals surface area contributed by atoms with Crippen LogP contribution in [0.3, 0.4) is 0 Å². The van der Waals surface area contributed by atoms with E-state index in [0.29, 0.717) is 12.1 Å². The Bertz CT molecular complexity index is 571. The average molecular weight is 492 g/mol. The van der Waals surface area contributed by atoms with Crippen LogP contribution in [0.5, 0.6) is 0 Å². The third-order valence-electron chi connectivity index (χ3n) is 5.65. The van der Waals surface area contributed by atoms with E-state index in [9.17, 15) is 0 Å². The van der Waals surface area contributed by atoms with Crippen molar-refractivity contribution in [2.75, 3.05) is 39.3 Å². The summed E-state index contributed by atoms with van der Waals surface area (Å²) in [6.45, 7) is 6.17. The zero-order valence-corrected chi connectivity index (χ0v) is 19.5. The number of rotatable bonds is 0. The second kappa shape index (κ2) is 12.3. The maximum Gasteiger partial charge on any atom is 0.0609 e. The first-order valence-electron chi connectivity index (χ1n) is 10.2. The number of aromatic nitrogens is 1. The number of nitrogens with zero attached hydrogens (tertiary/aromatic N) is 1. The minimum absolute atomic E-state index is 0.437. The molecule has 2 atom stereocenters. The van der Waals surface area contributed by atoms with Gasteiger partial charge in [-0.3, -0.25) is 4.98 Å². The summed E-state index contributed by atoms with van der Waals surface area (Å²) in [6.07, 6.45) is 7.41. The Balaban J connectivity index is 0.000000516. The second-order valence-electron chi connectivity index (χ2n) is 7.53. The topological polar surface area (TPSA) is 61.0 Å². The molecule has 28 heavy (non-hydrogen) atoms. The predicted molar refractivity (Wildman–Crippen MR) is 115 cm³/mol. The summed E-state index contributed by atoms with van der Waals surface area (Å²) in [5.41, 5.74) is 5.66. The first kappa shape index (κ1) is 23.1. The molecule has 2 aliphatic carbocycles. The third kappa shape index (κ3) is 6.97. The van der Waals surface area contributed by atoms with E-state index < -0.39 is 11.2 Å². The molecule has 2 heterocycles. The van der Waals surface area contributed by atoms with Gasteiger partial charge in [-0.15, -0.1) is 0 Å². The summed E-state index contributed by atoms with van der Waals surface area (Å²) in [5, 5.41) is 14.5. The quantitative estimate of drug-likeness (QED) is 0.420. The zero-order chi connectivity index (χ0) is 19.8. The fourth-order valence-corrected chi connectivity index (χ4v) is 4.40. The summed E-state index contributed by atoms with van der Waals surface area (Å²) in [5.74, 6) is 0. The fourth-order valence-electron chi connectivity index (χ4n) is 4.40. The molecule has 0 fully saturated rings. The van der Waals surface area contributed by atoms with Crippen molar-refractivity contribution in [2.45, 2.75) is 50.6 Å². The fraction of sp³-hybridized carbons (Fsp3) is 0.737. The predicted octanol–water partition coefficient (Wildman–Crippen LogP) is 3.27. The van der Waals surface area contributed by atoms with Gasteiger partial charge >= 0.3 is 41.5 Å². The van der Waals surface area contributed by atoms with Gasteiger partial charge in [-0.1, -0.05) is 6.07 Å². The molecule has 9 heteroatoms. The molecule has 2 bridgehead atoms. The van der Waals surface area contributed by atoms with Crippen molar-refractivity contribution in [3.8, 4) is 0 Å². The van der Waals surface area contributed by atoms with Gasteiger partial charge in [0.1, 0.15) is 0 Å². The van der Waals surface area contributed by atoms with Crippen LogP contribution in [0.4, 0.5) is 0 Å². The Morgan fingerprint density at radius 3 is 1.64 bits per heavy atom. The molecule has 3 aliphatic rings.